The van der Waals surface area contributed by atoms with Crippen LogP contribution in [0.5, 0.6) is 5.75 Å². The fourth-order valence-electron chi connectivity index (χ4n) is 3.37. The number of carboxylic acids is 1. The van der Waals surface area contributed by atoms with Crippen LogP contribution in [-0.4, -0.2) is 26.9 Å². The van der Waals surface area contributed by atoms with Gasteiger partial charge in [0, 0.05) is 18.2 Å². The van der Waals surface area contributed by atoms with E-state index in [-0.39, 0.29) is 51.2 Å². The molecule has 39 heavy (non-hydrogen) atoms. The molecule has 0 bridgehead atoms. The minimum Gasteiger partial charge on any atom is -0.478 e. The van der Waals surface area contributed by atoms with Crippen molar-refractivity contribution in [3.8, 4) is 5.75 Å². The number of para-hydroxylation sites is 2. The molecule has 0 fully saturated rings. The van der Waals surface area contributed by atoms with Gasteiger partial charge in [-0.3, -0.25) is 20.2 Å². The highest BCUT2D eigenvalue weighted by Crippen LogP contribution is 2.33. The lowest BCUT2D eigenvalue weighted by Gasteiger charge is -2.17. The van der Waals surface area contributed by atoms with Crippen molar-refractivity contribution in [2.45, 2.75) is 19.8 Å². The van der Waals surface area contributed by atoms with E-state index >= 15 is 0 Å². The summed E-state index contributed by atoms with van der Waals surface area (Å²) in [6, 6.07) is 16.1. The number of hydrogen-bond donors (Lipinski definition) is 1. The molecule has 1 N–H and O–H groups in total. The molecule has 0 aromatic heterocycles. The van der Waals surface area contributed by atoms with Crippen molar-refractivity contribution in [2.24, 2.45) is 0 Å². The molecule has 3 rings (SSSR count). The number of carboxylic acid groups (broad SMARTS) is 1. The van der Waals surface area contributed by atoms with Crippen LogP contribution in [0.25, 0.3) is 6.08 Å². The summed E-state index contributed by atoms with van der Waals surface area (Å²) in [7, 11) is 0. The molecule has 0 heterocycles. The number of rotatable bonds is 11. The van der Waals surface area contributed by atoms with Gasteiger partial charge in [0.15, 0.2) is 11.5 Å². The zero-order chi connectivity index (χ0) is 28.5. The van der Waals surface area contributed by atoms with Crippen LogP contribution >= 0.6 is 11.6 Å². The number of hydrogen-bond acceptors (Lipinski definition) is 8. The zero-order valence-corrected chi connectivity index (χ0v) is 21.2. The van der Waals surface area contributed by atoms with Crippen molar-refractivity contribution in [3.63, 3.8) is 0 Å². The molecule has 3 aromatic rings. The first-order valence-electron chi connectivity index (χ1n) is 11.4. The molecule has 0 radical (unpaired) electrons. The van der Waals surface area contributed by atoms with Gasteiger partial charge in [-0.05, 0) is 48.4 Å². The van der Waals surface area contributed by atoms with Crippen LogP contribution in [-0.2, 0) is 4.74 Å². The second-order valence-electron chi connectivity index (χ2n) is 7.91. The second kappa shape index (κ2) is 13.0. The molecule has 12 heteroatoms. The lowest BCUT2D eigenvalue weighted by molar-refractivity contribution is -0.385. The number of carbonyl (C=O) groups is 2. The number of esters is 1. The number of aromatic carboxylic acids is 1. The SMILES string of the molecule is CCCC(Cl)=C(OC(=O)c1ccccc1C(=O)O)C(=Cc1ccc([N+](=O)[O-])cc1)Oc1ccccc1[N+](=O)[O-]. The summed E-state index contributed by atoms with van der Waals surface area (Å²) in [4.78, 5) is 46.2. The first-order chi connectivity index (χ1) is 18.6. The predicted octanol–water partition coefficient (Wildman–Crippen LogP) is 6.73. The third-order valence-electron chi connectivity index (χ3n) is 5.20. The Morgan fingerprint density at radius 2 is 1.54 bits per heavy atom. The Morgan fingerprint density at radius 1 is 0.923 bits per heavy atom. The molecule has 0 saturated heterocycles. The summed E-state index contributed by atoms with van der Waals surface area (Å²) in [6.07, 6.45) is 2.06. The number of nitro benzene ring substituents is 2. The van der Waals surface area contributed by atoms with Gasteiger partial charge < -0.3 is 14.6 Å². The molecular weight excluding hydrogens is 532 g/mol. The van der Waals surface area contributed by atoms with E-state index in [2.05, 4.69) is 0 Å². The van der Waals surface area contributed by atoms with Gasteiger partial charge in [0.1, 0.15) is 0 Å². The first kappa shape index (κ1) is 28.5. The van der Waals surface area contributed by atoms with E-state index in [0.29, 0.717) is 12.0 Å². The smallest absolute Gasteiger partial charge is 0.344 e. The second-order valence-corrected chi connectivity index (χ2v) is 8.36. The highest BCUT2D eigenvalue weighted by molar-refractivity contribution is 6.30. The van der Waals surface area contributed by atoms with E-state index in [4.69, 9.17) is 21.1 Å². The van der Waals surface area contributed by atoms with Crippen LogP contribution in [0.1, 0.15) is 46.0 Å². The number of nitrogens with zero attached hydrogens (tertiary/aromatic N) is 2. The highest BCUT2D eigenvalue weighted by Gasteiger charge is 2.25. The van der Waals surface area contributed by atoms with Crippen molar-refractivity contribution < 1.29 is 34.0 Å². The van der Waals surface area contributed by atoms with E-state index in [1.54, 1.807) is 0 Å². The maximum Gasteiger partial charge on any atom is 0.344 e. The largest absolute Gasteiger partial charge is 0.478 e. The summed E-state index contributed by atoms with van der Waals surface area (Å²) in [5.74, 6) is -3.14. The summed E-state index contributed by atoms with van der Waals surface area (Å²) in [5, 5.41) is 32.2. The fourth-order valence-corrected chi connectivity index (χ4v) is 3.69. The lowest BCUT2D eigenvalue weighted by atomic mass is 10.1. The van der Waals surface area contributed by atoms with Gasteiger partial charge in [-0.25, -0.2) is 9.59 Å². The predicted molar refractivity (Wildman–Crippen MR) is 141 cm³/mol. The molecule has 0 amide bonds. The molecule has 3 aromatic carbocycles. The third-order valence-corrected chi connectivity index (χ3v) is 5.56. The van der Waals surface area contributed by atoms with Crippen LogP contribution in [0, 0.1) is 20.2 Å². The Bertz CT molecular complexity index is 1480. The summed E-state index contributed by atoms with van der Waals surface area (Å²) in [5.41, 5.74) is -0.780. The van der Waals surface area contributed by atoms with Crippen LogP contribution in [0.2, 0.25) is 0 Å². The number of benzene rings is 3. The number of carbonyl (C=O) groups excluding carboxylic acids is 1. The van der Waals surface area contributed by atoms with Crippen molar-refractivity contribution in [1.29, 1.82) is 0 Å². The van der Waals surface area contributed by atoms with Gasteiger partial charge in [-0.2, -0.15) is 0 Å². The summed E-state index contributed by atoms with van der Waals surface area (Å²) in [6.45, 7) is 1.81. The molecule has 200 valence electrons. The Kier molecular flexibility index (Phi) is 9.49. The Hall–Kier alpha value is -5.03. The first-order valence-corrected chi connectivity index (χ1v) is 11.8. The van der Waals surface area contributed by atoms with Gasteiger partial charge in [-0.1, -0.05) is 49.2 Å². The van der Waals surface area contributed by atoms with Gasteiger partial charge in [0.2, 0.25) is 5.75 Å². The van der Waals surface area contributed by atoms with Crippen molar-refractivity contribution in [2.75, 3.05) is 0 Å². The van der Waals surface area contributed by atoms with Crippen LogP contribution in [0.3, 0.4) is 0 Å². The summed E-state index contributed by atoms with van der Waals surface area (Å²) < 4.78 is 11.5. The summed E-state index contributed by atoms with van der Waals surface area (Å²) >= 11 is 6.52. The lowest BCUT2D eigenvalue weighted by Crippen LogP contribution is -2.15. The number of nitro groups is 2. The van der Waals surface area contributed by atoms with Crippen LogP contribution in [0.4, 0.5) is 11.4 Å². The number of ether oxygens (including phenoxy) is 2. The topological polar surface area (TPSA) is 159 Å². The van der Waals surface area contributed by atoms with E-state index in [9.17, 15) is 34.9 Å². The minimum atomic E-state index is -1.36. The monoisotopic (exact) mass is 552 g/mol. The average Bonchev–Trinajstić information content (AvgIpc) is 2.91. The standard InChI is InChI=1S/C27H21ClN2O9/c1-2-7-21(28)25(39-27(33)20-9-4-3-8-19(20)26(31)32)24(16-17-12-14-18(15-13-17)29(34)35)38-23-11-6-5-10-22(23)30(36)37/h3-6,8-16H,2,7H2,1H3,(H,31,32). The maximum absolute atomic E-state index is 13.1. The van der Waals surface area contributed by atoms with E-state index in [0.717, 1.165) is 0 Å². The van der Waals surface area contributed by atoms with Crippen molar-refractivity contribution >= 4 is 41.0 Å². The van der Waals surface area contributed by atoms with Crippen LogP contribution in [0.15, 0.2) is 89.3 Å². The molecule has 0 saturated carbocycles. The third kappa shape index (κ3) is 7.27. The number of halogens is 1. The maximum atomic E-state index is 13.1. The van der Waals surface area contributed by atoms with Gasteiger partial charge in [0.25, 0.3) is 5.69 Å². The van der Waals surface area contributed by atoms with Gasteiger partial charge in [0.05, 0.1) is 26.0 Å². The highest BCUT2D eigenvalue weighted by atomic mass is 35.5. The molecule has 0 unspecified atom stereocenters. The number of non-ortho nitro benzene ring substituents is 1. The van der Waals surface area contributed by atoms with E-state index < -0.39 is 21.8 Å². The zero-order valence-electron chi connectivity index (χ0n) is 20.4. The van der Waals surface area contributed by atoms with E-state index in [1.165, 1.54) is 78.9 Å². The molecule has 0 aliphatic carbocycles. The van der Waals surface area contributed by atoms with Crippen LogP contribution < -0.4 is 4.74 Å². The number of allylic oxidation sites excluding steroid dienone is 1. The van der Waals surface area contributed by atoms with Gasteiger partial charge in [-0.15, -0.1) is 0 Å². The average molecular weight is 553 g/mol. The Labute approximate surface area is 226 Å². The fraction of sp³-hybridized carbons (Fsp3) is 0.111. The molecule has 0 aliphatic heterocycles. The Balaban J connectivity index is 2.17. The molecule has 0 spiro atoms. The Morgan fingerprint density at radius 3 is 2.13 bits per heavy atom. The normalized spacial score (nSPS) is 11.8. The quantitative estimate of drug-likeness (QED) is 0.0894. The molecule has 11 nitrogen and oxygen atoms in total. The molecule has 0 aliphatic rings. The van der Waals surface area contributed by atoms with Crippen molar-refractivity contribution in [1.82, 2.24) is 0 Å². The minimum absolute atomic E-state index is 0.0189. The van der Waals surface area contributed by atoms with Gasteiger partial charge >= 0.3 is 17.6 Å². The van der Waals surface area contributed by atoms with E-state index in [1.807, 2.05) is 6.92 Å². The molecular formula is C27H21ClN2O9. The van der Waals surface area contributed by atoms with Crippen molar-refractivity contribution in [3.05, 3.63) is 126 Å². The molecule has 0 atom stereocenters.